The molecule has 1 aromatic rings. The molecule has 1 fully saturated rings. The Hall–Kier alpha value is -1.48. The summed E-state index contributed by atoms with van der Waals surface area (Å²) in [5.74, 6) is 0. The van der Waals surface area contributed by atoms with Crippen LogP contribution in [0.5, 0.6) is 0 Å². The molecule has 2 heterocycles. The van der Waals surface area contributed by atoms with Gasteiger partial charge in [0.15, 0.2) is 5.72 Å². The molecule has 0 saturated carbocycles. The van der Waals surface area contributed by atoms with Crippen molar-refractivity contribution in [3.8, 4) is 0 Å². The zero-order chi connectivity index (χ0) is 14.2. The highest BCUT2D eigenvalue weighted by atomic mass is 16.7. The number of aromatic nitrogens is 2. The van der Waals surface area contributed by atoms with Gasteiger partial charge in [-0.1, -0.05) is 0 Å². The van der Waals surface area contributed by atoms with Crippen LogP contribution in [0, 0.1) is 6.92 Å². The SMILES string of the molecule is Cc1cn([C@@]2(CO)C[C@@H](CO)N(C)O2)c(=O)[nH]c1=O. The molecule has 8 nitrogen and oxygen atoms in total. The van der Waals surface area contributed by atoms with Crippen LogP contribution in [-0.4, -0.2) is 51.1 Å². The van der Waals surface area contributed by atoms with Gasteiger partial charge in [0.25, 0.3) is 5.56 Å². The van der Waals surface area contributed by atoms with Crippen LogP contribution in [0.15, 0.2) is 15.8 Å². The molecule has 8 heteroatoms. The first kappa shape index (κ1) is 13.9. The van der Waals surface area contributed by atoms with Crippen molar-refractivity contribution in [1.29, 1.82) is 0 Å². The standard InChI is InChI=1S/C11H17N3O5/c1-7-4-14(10(18)12-9(7)17)11(6-16)3-8(5-15)13(2)19-11/h4,8,15-16H,3,5-6H2,1-2H3,(H,12,17,18)/t8-,11-/m0/s1. The molecule has 0 aromatic carbocycles. The van der Waals surface area contributed by atoms with Crippen LogP contribution in [0.3, 0.4) is 0 Å². The normalized spacial score (nSPS) is 27.9. The van der Waals surface area contributed by atoms with Gasteiger partial charge in [-0.2, -0.15) is 5.06 Å². The Balaban J connectivity index is 2.52. The third-order valence-electron chi connectivity index (χ3n) is 3.40. The second kappa shape index (κ2) is 4.89. The fourth-order valence-electron chi connectivity index (χ4n) is 2.24. The second-order valence-electron chi connectivity index (χ2n) is 4.72. The Morgan fingerprint density at radius 3 is 2.74 bits per heavy atom. The van der Waals surface area contributed by atoms with Crippen molar-refractivity contribution in [2.24, 2.45) is 0 Å². The van der Waals surface area contributed by atoms with E-state index in [0.29, 0.717) is 5.56 Å². The molecule has 0 aliphatic carbocycles. The Morgan fingerprint density at radius 2 is 2.21 bits per heavy atom. The van der Waals surface area contributed by atoms with Crippen molar-refractivity contribution < 1.29 is 15.1 Å². The van der Waals surface area contributed by atoms with Crippen molar-refractivity contribution in [2.45, 2.75) is 25.1 Å². The van der Waals surface area contributed by atoms with Crippen molar-refractivity contribution in [1.82, 2.24) is 14.6 Å². The Bertz CT molecular complexity index is 580. The van der Waals surface area contributed by atoms with E-state index in [4.69, 9.17) is 4.84 Å². The van der Waals surface area contributed by atoms with Crippen molar-refractivity contribution in [3.63, 3.8) is 0 Å². The summed E-state index contributed by atoms with van der Waals surface area (Å²) in [5, 5.41) is 20.2. The van der Waals surface area contributed by atoms with E-state index in [1.165, 1.54) is 11.3 Å². The lowest BCUT2D eigenvalue weighted by Crippen LogP contribution is -2.47. The molecular weight excluding hydrogens is 254 g/mol. The summed E-state index contributed by atoms with van der Waals surface area (Å²) in [7, 11) is 1.61. The van der Waals surface area contributed by atoms with Crippen LogP contribution in [0.2, 0.25) is 0 Å². The number of likely N-dealkylation sites (N-methyl/N-ethyl adjacent to an activating group) is 1. The van der Waals surface area contributed by atoms with Crippen molar-refractivity contribution in [2.75, 3.05) is 20.3 Å². The van der Waals surface area contributed by atoms with Gasteiger partial charge < -0.3 is 10.2 Å². The first-order valence-electron chi connectivity index (χ1n) is 5.90. The number of hydrogen-bond donors (Lipinski definition) is 3. The predicted octanol–water partition coefficient (Wildman–Crippen LogP) is -1.88. The maximum Gasteiger partial charge on any atom is 0.330 e. The molecule has 19 heavy (non-hydrogen) atoms. The molecular formula is C11H17N3O5. The molecule has 0 bridgehead atoms. The van der Waals surface area contributed by atoms with Gasteiger partial charge in [-0.15, -0.1) is 0 Å². The van der Waals surface area contributed by atoms with E-state index in [2.05, 4.69) is 4.98 Å². The molecule has 0 spiro atoms. The lowest BCUT2D eigenvalue weighted by Gasteiger charge is -2.28. The monoisotopic (exact) mass is 271 g/mol. The maximum atomic E-state index is 11.9. The van der Waals surface area contributed by atoms with Gasteiger partial charge in [-0.25, -0.2) is 4.79 Å². The molecule has 106 valence electrons. The van der Waals surface area contributed by atoms with Crippen LogP contribution in [0.1, 0.15) is 12.0 Å². The van der Waals surface area contributed by atoms with Crippen LogP contribution in [0.4, 0.5) is 0 Å². The van der Waals surface area contributed by atoms with E-state index < -0.39 is 23.6 Å². The van der Waals surface area contributed by atoms with Crippen molar-refractivity contribution >= 4 is 0 Å². The van der Waals surface area contributed by atoms with Gasteiger partial charge in [0.05, 0.1) is 19.3 Å². The van der Waals surface area contributed by atoms with Gasteiger partial charge in [0.2, 0.25) is 0 Å². The fraction of sp³-hybridized carbons (Fsp3) is 0.636. The number of aliphatic hydroxyl groups excluding tert-OH is 2. The van der Waals surface area contributed by atoms with Crippen LogP contribution < -0.4 is 11.2 Å². The van der Waals surface area contributed by atoms with Crippen molar-refractivity contribution in [3.05, 3.63) is 32.6 Å². The molecule has 0 radical (unpaired) electrons. The summed E-state index contributed by atoms with van der Waals surface area (Å²) >= 11 is 0. The highest BCUT2D eigenvalue weighted by Gasteiger charge is 2.46. The molecule has 1 aliphatic heterocycles. The van der Waals surface area contributed by atoms with E-state index in [1.807, 2.05) is 0 Å². The summed E-state index contributed by atoms with van der Waals surface area (Å²) in [6.45, 7) is 0.955. The molecule has 1 aliphatic rings. The summed E-state index contributed by atoms with van der Waals surface area (Å²) in [6, 6.07) is -0.328. The van der Waals surface area contributed by atoms with Crippen LogP contribution in [0.25, 0.3) is 0 Å². The number of aliphatic hydroxyl groups is 2. The maximum absolute atomic E-state index is 11.9. The minimum Gasteiger partial charge on any atom is -0.395 e. The number of H-pyrrole nitrogens is 1. The van der Waals surface area contributed by atoms with Gasteiger partial charge in [0.1, 0.15) is 0 Å². The lowest BCUT2D eigenvalue weighted by atomic mass is 10.1. The minimum absolute atomic E-state index is 0.157. The Labute approximate surface area is 108 Å². The third-order valence-corrected chi connectivity index (χ3v) is 3.40. The zero-order valence-corrected chi connectivity index (χ0v) is 10.8. The minimum atomic E-state index is -1.30. The number of nitrogens with zero attached hydrogens (tertiary/aromatic N) is 2. The molecule has 1 saturated heterocycles. The first-order valence-corrected chi connectivity index (χ1v) is 5.90. The number of hydrogen-bond acceptors (Lipinski definition) is 6. The van der Waals surface area contributed by atoms with Crippen LogP contribution >= 0.6 is 0 Å². The summed E-state index contributed by atoms with van der Waals surface area (Å²) < 4.78 is 1.16. The predicted molar refractivity (Wildman–Crippen MR) is 65.5 cm³/mol. The lowest BCUT2D eigenvalue weighted by molar-refractivity contribution is -0.240. The number of aromatic amines is 1. The summed E-state index contributed by atoms with van der Waals surface area (Å²) in [6.07, 6.45) is 1.59. The van der Waals surface area contributed by atoms with E-state index in [9.17, 15) is 19.8 Å². The second-order valence-corrected chi connectivity index (χ2v) is 4.72. The summed E-state index contributed by atoms with van der Waals surface area (Å²) in [5.41, 5.74) is -2.09. The highest BCUT2D eigenvalue weighted by Crippen LogP contribution is 2.32. The Morgan fingerprint density at radius 1 is 1.53 bits per heavy atom. The van der Waals surface area contributed by atoms with Gasteiger partial charge >= 0.3 is 5.69 Å². The third kappa shape index (κ3) is 2.23. The van der Waals surface area contributed by atoms with E-state index in [1.54, 1.807) is 14.0 Å². The van der Waals surface area contributed by atoms with Gasteiger partial charge in [-0.05, 0) is 6.92 Å². The van der Waals surface area contributed by atoms with Crippen LogP contribution in [-0.2, 0) is 10.6 Å². The van der Waals surface area contributed by atoms with Gasteiger partial charge in [-0.3, -0.25) is 19.2 Å². The molecule has 2 atom stereocenters. The first-order chi connectivity index (χ1) is 8.93. The summed E-state index contributed by atoms with van der Waals surface area (Å²) in [4.78, 5) is 30.9. The highest BCUT2D eigenvalue weighted by molar-refractivity contribution is 5.04. The molecule has 3 N–H and O–H groups in total. The number of aryl methyl sites for hydroxylation is 1. The molecule has 0 amide bonds. The molecule has 2 rings (SSSR count). The largest absolute Gasteiger partial charge is 0.395 e. The Kier molecular flexibility index (Phi) is 3.59. The number of nitrogens with one attached hydrogen (secondary N) is 1. The quantitative estimate of drug-likeness (QED) is 0.594. The van der Waals surface area contributed by atoms with E-state index in [0.717, 1.165) is 4.57 Å². The zero-order valence-electron chi connectivity index (χ0n) is 10.8. The fourth-order valence-corrected chi connectivity index (χ4v) is 2.24. The smallest absolute Gasteiger partial charge is 0.330 e. The number of rotatable bonds is 3. The van der Waals surface area contributed by atoms with Gasteiger partial charge in [0, 0.05) is 25.2 Å². The van der Waals surface area contributed by atoms with E-state index in [-0.39, 0.29) is 19.1 Å². The molecule has 0 unspecified atom stereocenters. The average Bonchev–Trinajstić information content (AvgIpc) is 2.71. The topological polar surface area (TPSA) is 108 Å². The number of hydroxylamine groups is 2. The average molecular weight is 271 g/mol. The molecule has 1 aromatic heterocycles. The van der Waals surface area contributed by atoms with E-state index >= 15 is 0 Å².